The molecule has 0 radical (unpaired) electrons. The number of hydrogen-bond donors (Lipinski definition) is 2. The zero-order valence-corrected chi connectivity index (χ0v) is 13.4. The lowest BCUT2D eigenvalue weighted by molar-refractivity contribution is -0.126. The number of H-pyrrole nitrogens is 1. The van der Waals surface area contributed by atoms with Gasteiger partial charge in [0.2, 0.25) is 5.91 Å². The molecule has 8 heteroatoms. The van der Waals surface area contributed by atoms with E-state index in [9.17, 15) is 14.4 Å². The van der Waals surface area contributed by atoms with Gasteiger partial charge < -0.3 is 15.0 Å². The van der Waals surface area contributed by atoms with Gasteiger partial charge in [-0.1, -0.05) is 0 Å². The van der Waals surface area contributed by atoms with Crippen molar-refractivity contribution in [3.63, 3.8) is 0 Å². The number of hydrogen-bond acceptors (Lipinski definition) is 5. The lowest BCUT2D eigenvalue weighted by atomic mass is 10.0. The maximum absolute atomic E-state index is 12.3. The Bertz CT molecular complexity index is 628. The molecule has 2 rings (SSSR count). The SMILES string of the molecule is COC(=O)N1CCCC[C@H]1C(=O)NCCc1nc(C)cc(=O)[nH]1. The third kappa shape index (κ3) is 4.54. The van der Waals surface area contributed by atoms with Crippen LogP contribution in [0.2, 0.25) is 0 Å². The molecule has 1 aliphatic rings. The summed E-state index contributed by atoms with van der Waals surface area (Å²) in [5.41, 5.74) is 0.433. The van der Waals surface area contributed by atoms with Gasteiger partial charge in [0, 0.05) is 31.3 Å². The highest BCUT2D eigenvalue weighted by molar-refractivity contribution is 5.85. The van der Waals surface area contributed by atoms with E-state index in [0.717, 1.165) is 12.8 Å². The van der Waals surface area contributed by atoms with Gasteiger partial charge in [0.25, 0.3) is 5.56 Å². The highest BCUT2D eigenvalue weighted by Gasteiger charge is 2.32. The van der Waals surface area contributed by atoms with Gasteiger partial charge >= 0.3 is 6.09 Å². The average molecular weight is 322 g/mol. The minimum atomic E-state index is -0.499. The second-order valence-electron chi connectivity index (χ2n) is 5.55. The molecule has 2 heterocycles. The number of aryl methyl sites for hydroxylation is 1. The summed E-state index contributed by atoms with van der Waals surface area (Å²) < 4.78 is 4.73. The lowest BCUT2D eigenvalue weighted by Crippen LogP contribution is -2.52. The molecule has 0 aromatic carbocycles. The van der Waals surface area contributed by atoms with Crippen LogP contribution in [0.1, 0.15) is 30.8 Å². The number of methoxy groups -OCH3 is 1. The van der Waals surface area contributed by atoms with E-state index in [-0.39, 0.29) is 11.5 Å². The Morgan fingerprint density at radius 1 is 1.48 bits per heavy atom. The summed E-state index contributed by atoms with van der Waals surface area (Å²) in [6, 6.07) is 0.916. The molecule has 0 spiro atoms. The van der Waals surface area contributed by atoms with E-state index < -0.39 is 12.1 Å². The monoisotopic (exact) mass is 322 g/mol. The molecule has 1 atom stereocenters. The highest BCUT2D eigenvalue weighted by atomic mass is 16.5. The Hall–Kier alpha value is -2.38. The summed E-state index contributed by atoms with van der Waals surface area (Å²) in [5.74, 6) is 0.328. The Labute approximate surface area is 134 Å². The number of ether oxygens (including phenoxy) is 1. The van der Waals surface area contributed by atoms with Crippen molar-refractivity contribution in [3.05, 3.63) is 27.9 Å². The number of nitrogens with zero attached hydrogens (tertiary/aromatic N) is 2. The molecule has 2 N–H and O–H groups in total. The molecule has 23 heavy (non-hydrogen) atoms. The summed E-state index contributed by atoms with van der Waals surface area (Å²) >= 11 is 0. The van der Waals surface area contributed by atoms with Crippen molar-refractivity contribution >= 4 is 12.0 Å². The Kier molecular flexibility index (Phi) is 5.72. The van der Waals surface area contributed by atoms with Gasteiger partial charge in [-0.05, 0) is 26.2 Å². The zero-order chi connectivity index (χ0) is 16.8. The predicted octanol–water partition coefficient (Wildman–Crippen LogP) is 0.358. The van der Waals surface area contributed by atoms with Gasteiger partial charge in [0.1, 0.15) is 11.9 Å². The summed E-state index contributed by atoms with van der Waals surface area (Å²) in [7, 11) is 1.31. The summed E-state index contributed by atoms with van der Waals surface area (Å²) in [6.45, 7) is 2.61. The van der Waals surface area contributed by atoms with Gasteiger partial charge in [-0.3, -0.25) is 14.5 Å². The van der Waals surface area contributed by atoms with Crippen LogP contribution < -0.4 is 10.9 Å². The van der Waals surface area contributed by atoms with E-state index in [1.54, 1.807) is 6.92 Å². The number of rotatable bonds is 4. The number of amides is 2. The van der Waals surface area contributed by atoms with Gasteiger partial charge in [0.05, 0.1) is 7.11 Å². The first kappa shape index (κ1) is 17.0. The van der Waals surface area contributed by atoms with Crippen molar-refractivity contribution in [1.82, 2.24) is 20.2 Å². The van der Waals surface area contributed by atoms with E-state index in [2.05, 4.69) is 15.3 Å². The fraction of sp³-hybridized carbons (Fsp3) is 0.600. The number of likely N-dealkylation sites (tertiary alicyclic amines) is 1. The van der Waals surface area contributed by atoms with Crippen LogP contribution in [0.5, 0.6) is 0 Å². The molecule has 1 saturated heterocycles. The first-order valence-electron chi connectivity index (χ1n) is 7.70. The molecule has 1 fully saturated rings. The Morgan fingerprint density at radius 3 is 2.96 bits per heavy atom. The first-order chi connectivity index (χ1) is 11.0. The lowest BCUT2D eigenvalue weighted by Gasteiger charge is -2.33. The molecule has 0 aliphatic carbocycles. The Balaban J connectivity index is 1.90. The molecule has 8 nitrogen and oxygen atoms in total. The maximum atomic E-state index is 12.3. The molecule has 0 bridgehead atoms. The second kappa shape index (κ2) is 7.75. The summed E-state index contributed by atoms with van der Waals surface area (Å²) in [6.07, 6.45) is 2.34. The van der Waals surface area contributed by atoms with Crippen molar-refractivity contribution in [2.45, 2.75) is 38.6 Å². The van der Waals surface area contributed by atoms with Crippen molar-refractivity contribution in [1.29, 1.82) is 0 Å². The minimum absolute atomic E-state index is 0.204. The molecule has 0 saturated carbocycles. The largest absolute Gasteiger partial charge is 0.453 e. The molecule has 1 aromatic rings. The molecule has 1 aliphatic heterocycles. The Morgan fingerprint density at radius 2 is 2.26 bits per heavy atom. The molecular formula is C15H22N4O4. The second-order valence-corrected chi connectivity index (χ2v) is 5.55. The third-order valence-corrected chi connectivity index (χ3v) is 3.79. The van der Waals surface area contributed by atoms with Crippen molar-refractivity contribution in [2.24, 2.45) is 0 Å². The number of carbonyl (C=O) groups is 2. The van der Waals surface area contributed by atoms with Gasteiger partial charge in [0.15, 0.2) is 0 Å². The molecule has 0 unspecified atom stereocenters. The van der Waals surface area contributed by atoms with Crippen LogP contribution in [0.25, 0.3) is 0 Å². The summed E-state index contributed by atoms with van der Waals surface area (Å²) in [4.78, 5) is 43.7. The average Bonchev–Trinajstić information content (AvgIpc) is 2.53. The quantitative estimate of drug-likeness (QED) is 0.833. The molecular weight excluding hydrogens is 300 g/mol. The number of nitrogens with one attached hydrogen (secondary N) is 2. The van der Waals surface area contributed by atoms with Gasteiger partial charge in [-0.15, -0.1) is 0 Å². The fourth-order valence-corrected chi connectivity index (χ4v) is 2.72. The normalized spacial score (nSPS) is 17.7. The van der Waals surface area contributed by atoms with Crippen LogP contribution in [0.4, 0.5) is 4.79 Å². The van der Waals surface area contributed by atoms with E-state index in [1.807, 2.05) is 0 Å². The van der Waals surface area contributed by atoms with Crippen molar-refractivity contribution in [2.75, 3.05) is 20.2 Å². The van der Waals surface area contributed by atoms with Crippen LogP contribution in [0, 0.1) is 6.92 Å². The van der Waals surface area contributed by atoms with Crippen LogP contribution in [-0.2, 0) is 16.0 Å². The van der Waals surface area contributed by atoms with Crippen molar-refractivity contribution < 1.29 is 14.3 Å². The molecule has 2 amide bonds. The predicted molar refractivity (Wildman–Crippen MR) is 83.1 cm³/mol. The highest BCUT2D eigenvalue weighted by Crippen LogP contribution is 2.18. The standard InChI is InChI=1S/C15H22N4O4/c1-10-9-13(20)18-12(17-10)6-7-16-14(21)11-5-3-4-8-19(11)15(22)23-2/h9,11H,3-8H2,1-2H3,(H,16,21)(H,17,18,20)/t11-/m0/s1. The zero-order valence-electron chi connectivity index (χ0n) is 13.4. The van der Waals surface area contributed by atoms with E-state index >= 15 is 0 Å². The van der Waals surface area contributed by atoms with Crippen molar-refractivity contribution in [3.8, 4) is 0 Å². The smallest absolute Gasteiger partial charge is 0.410 e. The number of carbonyl (C=O) groups excluding carboxylic acids is 2. The summed E-state index contributed by atoms with van der Waals surface area (Å²) in [5, 5.41) is 2.80. The number of piperidine rings is 1. The van der Waals surface area contributed by atoms with Crippen LogP contribution in [0.15, 0.2) is 10.9 Å². The first-order valence-corrected chi connectivity index (χ1v) is 7.70. The number of aromatic amines is 1. The topological polar surface area (TPSA) is 104 Å². The van der Waals surface area contributed by atoms with E-state index in [4.69, 9.17) is 4.74 Å². The van der Waals surface area contributed by atoms with E-state index in [0.29, 0.717) is 37.4 Å². The molecule has 1 aromatic heterocycles. The third-order valence-electron chi connectivity index (χ3n) is 3.79. The number of aromatic nitrogens is 2. The van der Waals surface area contributed by atoms with Crippen LogP contribution in [0.3, 0.4) is 0 Å². The minimum Gasteiger partial charge on any atom is -0.453 e. The fourth-order valence-electron chi connectivity index (χ4n) is 2.72. The van der Waals surface area contributed by atoms with Crippen LogP contribution in [-0.4, -0.2) is 53.1 Å². The van der Waals surface area contributed by atoms with Crippen LogP contribution >= 0.6 is 0 Å². The molecule has 126 valence electrons. The van der Waals surface area contributed by atoms with Gasteiger partial charge in [-0.2, -0.15) is 0 Å². The maximum Gasteiger partial charge on any atom is 0.410 e. The van der Waals surface area contributed by atoms with E-state index in [1.165, 1.54) is 18.1 Å². The van der Waals surface area contributed by atoms with Gasteiger partial charge in [-0.25, -0.2) is 9.78 Å².